The fourth-order valence-electron chi connectivity index (χ4n) is 1.63. The van der Waals surface area contributed by atoms with Gasteiger partial charge in [-0.25, -0.2) is 8.78 Å². The maximum Gasteiger partial charge on any atom is 0.254 e. The van der Waals surface area contributed by atoms with E-state index in [-0.39, 0.29) is 29.6 Å². The number of carbonyl (C=O) groups excluding carboxylic acids is 1. The van der Waals surface area contributed by atoms with Crippen LogP contribution < -0.4 is 10.1 Å². The normalized spacial score (nSPS) is 10.2. The molecule has 2 aromatic rings. The lowest BCUT2D eigenvalue weighted by molar-refractivity contribution is 0.0943. The summed E-state index contributed by atoms with van der Waals surface area (Å²) >= 11 is 5.71. The van der Waals surface area contributed by atoms with Gasteiger partial charge in [0.25, 0.3) is 5.91 Å². The van der Waals surface area contributed by atoms with E-state index in [4.69, 9.17) is 16.3 Å². The van der Waals surface area contributed by atoms with Gasteiger partial charge in [0, 0.05) is 5.02 Å². The maximum absolute atomic E-state index is 13.4. The third-order valence-electron chi connectivity index (χ3n) is 2.64. The molecule has 0 fully saturated rings. The molecule has 0 saturated heterocycles. The molecular formula is C15H12ClF2NO2. The Bertz CT molecular complexity index is 632. The molecule has 0 aliphatic rings. The van der Waals surface area contributed by atoms with Crippen LogP contribution in [-0.4, -0.2) is 19.1 Å². The summed E-state index contributed by atoms with van der Waals surface area (Å²) in [5, 5.41) is 2.79. The largest absolute Gasteiger partial charge is 0.492 e. The topological polar surface area (TPSA) is 38.3 Å². The number of amides is 1. The van der Waals surface area contributed by atoms with Gasteiger partial charge in [-0.05, 0) is 42.5 Å². The van der Waals surface area contributed by atoms with Gasteiger partial charge in [-0.2, -0.15) is 0 Å². The average Bonchev–Trinajstić information content (AvgIpc) is 2.47. The summed E-state index contributed by atoms with van der Waals surface area (Å²) in [6, 6.07) is 9.26. The predicted octanol–water partition coefficient (Wildman–Crippen LogP) is 3.43. The van der Waals surface area contributed by atoms with Crippen molar-refractivity contribution in [3.63, 3.8) is 0 Å². The first-order chi connectivity index (χ1) is 10.1. The number of rotatable bonds is 5. The SMILES string of the molecule is O=C(NCCOc1ccc(F)cc1)c1cc(Cl)ccc1F. The van der Waals surface area contributed by atoms with E-state index in [2.05, 4.69) is 5.32 Å². The van der Waals surface area contributed by atoms with Gasteiger partial charge in [-0.15, -0.1) is 0 Å². The zero-order valence-electron chi connectivity index (χ0n) is 10.9. The van der Waals surface area contributed by atoms with E-state index in [9.17, 15) is 13.6 Å². The highest BCUT2D eigenvalue weighted by molar-refractivity contribution is 6.30. The zero-order valence-corrected chi connectivity index (χ0v) is 11.7. The van der Waals surface area contributed by atoms with Crippen LogP contribution in [0.15, 0.2) is 42.5 Å². The summed E-state index contributed by atoms with van der Waals surface area (Å²) in [6.07, 6.45) is 0. The molecule has 3 nitrogen and oxygen atoms in total. The molecule has 0 radical (unpaired) electrons. The van der Waals surface area contributed by atoms with Crippen LogP contribution in [-0.2, 0) is 0 Å². The molecule has 0 unspecified atom stereocenters. The van der Waals surface area contributed by atoms with Crippen molar-refractivity contribution in [1.82, 2.24) is 5.32 Å². The lowest BCUT2D eigenvalue weighted by Crippen LogP contribution is -2.28. The highest BCUT2D eigenvalue weighted by Gasteiger charge is 2.11. The molecule has 0 bridgehead atoms. The molecule has 0 saturated carbocycles. The number of hydrogen-bond donors (Lipinski definition) is 1. The van der Waals surface area contributed by atoms with E-state index in [0.717, 1.165) is 6.07 Å². The number of benzene rings is 2. The van der Waals surface area contributed by atoms with Crippen LogP contribution in [0.1, 0.15) is 10.4 Å². The average molecular weight is 312 g/mol. The van der Waals surface area contributed by atoms with Crippen molar-refractivity contribution < 1.29 is 18.3 Å². The molecule has 2 rings (SSSR count). The minimum Gasteiger partial charge on any atom is -0.492 e. The predicted molar refractivity (Wildman–Crippen MR) is 75.6 cm³/mol. The van der Waals surface area contributed by atoms with E-state index in [1.54, 1.807) is 0 Å². The van der Waals surface area contributed by atoms with E-state index in [1.165, 1.54) is 36.4 Å². The molecule has 2 aromatic carbocycles. The lowest BCUT2D eigenvalue weighted by atomic mass is 10.2. The van der Waals surface area contributed by atoms with Gasteiger partial charge < -0.3 is 10.1 Å². The third kappa shape index (κ3) is 4.43. The molecule has 6 heteroatoms. The molecule has 0 aromatic heterocycles. The van der Waals surface area contributed by atoms with Crippen LogP contribution in [0.25, 0.3) is 0 Å². The highest BCUT2D eigenvalue weighted by Crippen LogP contribution is 2.14. The summed E-state index contributed by atoms with van der Waals surface area (Å²) < 4.78 is 31.4. The minimum absolute atomic E-state index is 0.121. The molecule has 0 spiro atoms. The molecule has 110 valence electrons. The molecule has 0 atom stereocenters. The van der Waals surface area contributed by atoms with Gasteiger partial charge in [0.1, 0.15) is 24.0 Å². The highest BCUT2D eigenvalue weighted by atomic mass is 35.5. The molecule has 0 heterocycles. The molecule has 0 aliphatic carbocycles. The minimum atomic E-state index is -0.642. The fourth-order valence-corrected chi connectivity index (χ4v) is 1.80. The van der Waals surface area contributed by atoms with Crippen LogP contribution in [0.3, 0.4) is 0 Å². The van der Waals surface area contributed by atoms with Crippen molar-refractivity contribution in [2.45, 2.75) is 0 Å². The van der Waals surface area contributed by atoms with Gasteiger partial charge in [-0.3, -0.25) is 4.79 Å². The first kappa shape index (κ1) is 15.3. The number of ether oxygens (including phenoxy) is 1. The molecule has 1 amide bonds. The lowest BCUT2D eigenvalue weighted by Gasteiger charge is -2.08. The second kappa shape index (κ2) is 7.04. The summed E-state index contributed by atoms with van der Waals surface area (Å²) in [5.41, 5.74) is -0.121. The van der Waals surface area contributed by atoms with Crippen molar-refractivity contribution in [1.29, 1.82) is 0 Å². The number of carbonyl (C=O) groups is 1. The van der Waals surface area contributed by atoms with Gasteiger partial charge in [0.2, 0.25) is 0 Å². The second-order valence-corrected chi connectivity index (χ2v) is 4.62. The first-order valence-electron chi connectivity index (χ1n) is 6.18. The molecular weight excluding hydrogens is 300 g/mol. The Morgan fingerprint density at radius 3 is 2.57 bits per heavy atom. The standard InChI is InChI=1S/C15H12ClF2NO2/c16-10-1-6-14(18)13(9-10)15(20)19-7-8-21-12-4-2-11(17)3-5-12/h1-6,9H,7-8H2,(H,19,20). The summed E-state index contributed by atoms with van der Waals surface area (Å²) in [7, 11) is 0. The van der Waals surface area contributed by atoms with E-state index in [1.807, 2.05) is 0 Å². The first-order valence-corrected chi connectivity index (χ1v) is 6.55. The Morgan fingerprint density at radius 2 is 1.86 bits per heavy atom. The van der Waals surface area contributed by atoms with Crippen LogP contribution in [0, 0.1) is 11.6 Å². The van der Waals surface area contributed by atoms with E-state index in [0.29, 0.717) is 5.75 Å². The molecule has 0 aliphatic heterocycles. The Balaban J connectivity index is 1.81. The fraction of sp³-hybridized carbons (Fsp3) is 0.133. The van der Waals surface area contributed by atoms with Crippen molar-refractivity contribution in [2.24, 2.45) is 0 Å². The number of nitrogens with one attached hydrogen (secondary N) is 1. The van der Waals surface area contributed by atoms with Crippen LogP contribution in [0.2, 0.25) is 5.02 Å². The van der Waals surface area contributed by atoms with E-state index >= 15 is 0 Å². The van der Waals surface area contributed by atoms with E-state index < -0.39 is 11.7 Å². The Morgan fingerprint density at radius 1 is 1.14 bits per heavy atom. The van der Waals surface area contributed by atoms with Crippen molar-refractivity contribution >= 4 is 17.5 Å². The molecule has 21 heavy (non-hydrogen) atoms. The van der Waals surface area contributed by atoms with Crippen molar-refractivity contribution in [2.75, 3.05) is 13.2 Å². The van der Waals surface area contributed by atoms with Crippen molar-refractivity contribution in [3.8, 4) is 5.75 Å². The quantitative estimate of drug-likeness (QED) is 0.859. The van der Waals surface area contributed by atoms with Gasteiger partial charge in [0.05, 0.1) is 12.1 Å². The summed E-state index contributed by atoms with van der Waals surface area (Å²) in [5.74, 6) is -1.08. The molecule has 1 N–H and O–H groups in total. The maximum atomic E-state index is 13.4. The van der Waals surface area contributed by atoms with Crippen LogP contribution in [0.4, 0.5) is 8.78 Å². The summed E-state index contributed by atoms with van der Waals surface area (Å²) in [4.78, 5) is 11.8. The van der Waals surface area contributed by atoms with Gasteiger partial charge in [-0.1, -0.05) is 11.6 Å². The number of hydrogen-bond acceptors (Lipinski definition) is 2. The van der Waals surface area contributed by atoms with Gasteiger partial charge in [0.15, 0.2) is 0 Å². The number of halogens is 3. The third-order valence-corrected chi connectivity index (χ3v) is 2.88. The Hall–Kier alpha value is -2.14. The second-order valence-electron chi connectivity index (χ2n) is 4.18. The monoisotopic (exact) mass is 311 g/mol. The van der Waals surface area contributed by atoms with Gasteiger partial charge >= 0.3 is 0 Å². The van der Waals surface area contributed by atoms with Crippen LogP contribution in [0.5, 0.6) is 5.75 Å². The van der Waals surface area contributed by atoms with Crippen LogP contribution >= 0.6 is 11.6 Å². The summed E-state index contributed by atoms with van der Waals surface area (Å²) in [6.45, 7) is 0.363. The zero-order chi connectivity index (χ0) is 15.2. The Labute approximate surface area is 125 Å². The van der Waals surface area contributed by atoms with Crippen molar-refractivity contribution in [3.05, 3.63) is 64.7 Å². The Kier molecular flexibility index (Phi) is 5.11. The smallest absolute Gasteiger partial charge is 0.254 e.